The van der Waals surface area contributed by atoms with Crippen LogP contribution in [0, 0.1) is 0 Å². The van der Waals surface area contributed by atoms with E-state index < -0.39 is 17.7 Å². The van der Waals surface area contributed by atoms with Crippen molar-refractivity contribution in [2.75, 3.05) is 0 Å². The van der Waals surface area contributed by atoms with E-state index in [-0.39, 0.29) is 18.4 Å². The number of hydrogen-bond acceptors (Lipinski definition) is 4. The number of carbonyl (C=O) groups excluding carboxylic acids is 1. The molecule has 0 aliphatic heterocycles. The van der Waals surface area contributed by atoms with Gasteiger partial charge in [0, 0.05) is 12.3 Å². The Morgan fingerprint density at radius 2 is 1.71 bits per heavy atom. The second-order valence-electron chi connectivity index (χ2n) is 7.48. The van der Waals surface area contributed by atoms with Crippen molar-refractivity contribution in [1.82, 2.24) is 0 Å². The van der Waals surface area contributed by atoms with E-state index in [0.29, 0.717) is 5.56 Å². The Kier molecular flexibility index (Phi) is 6.65. The van der Waals surface area contributed by atoms with Gasteiger partial charge in [0.2, 0.25) is 0 Å². The van der Waals surface area contributed by atoms with Gasteiger partial charge in [0.05, 0.1) is 0 Å². The smallest absolute Gasteiger partial charge is 0.341 e. The van der Waals surface area contributed by atoms with Crippen molar-refractivity contribution in [3.63, 3.8) is 0 Å². The summed E-state index contributed by atoms with van der Waals surface area (Å²) < 4.78 is 5.82. The van der Waals surface area contributed by atoms with Crippen LogP contribution in [0.2, 0.25) is 0 Å². The minimum Gasteiger partial charge on any atom is -0.460 e. The molecule has 0 spiro atoms. The summed E-state index contributed by atoms with van der Waals surface area (Å²) in [6.07, 6.45) is 3.37. The molecule has 1 saturated carbocycles. The van der Waals surface area contributed by atoms with Crippen LogP contribution in [0.1, 0.15) is 55.3 Å². The van der Waals surface area contributed by atoms with Crippen LogP contribution in [0.4, 0.5) is 0 Å². The van der Waals surface area contributed by atoms with Gasteiger partial charge >= 0.3 is 5.97 Å². The van der Waals surface area contributed by atoms with E-state index in [9.17, 15) is 15.0 Å². The first-order valence-electron chi connectivity index (χ1n) is 9.88. The minimum absolute atomic E-state index is 0.0926. The lowest BCUT2D eigenvalue weighted by molar-refractivity contribution is -0.186. The first kappa shape index (κ1) is 20.3. The molecule has 1 aliphatic carbocycles. The second kappa shape index (κ2) is 9.18. The van der Waals surface area contributed by atoms with Crippen LogP contribution in [0.25, 0.3) is 0 Å². The Hall–Kier alpha value is -2.43. The van der Waals surface area contributed by atoms with Crippen molar-refractivity contribution in [1.29, 1.82) is 0 Å². The first-order chi connectivity index (χ1) is 13.6. The molecule has 4 atom stereocenters. The van der Waals surface area contributed by atoms with Crippen LogP contribution in [0.15, 0.2) is 73.3 Å². The molecule has 28 heavy (non-hydrogen) atoms. The maximum Gasteiger partial charge on any atom is 0.341 e. The summed E-state index contributed by atoms with van der Waals surface area (Å²) in [6.45, 7) is 3.63. The predicted octanol–water partition coefficient (Wildman–Crippen LogP) is 4.30. The first-order valence-corrected chi connectivity index (χ1v) is 9.88. The van der Waals surface area contributed by atoms with Gasteiger partial charge in [0.15, 0.2) is 5.60 Å². The minimum atomic E-state index is -2.07. The van der Waals surface area contributed by atoms with Gasteiger partial charge in [-0.3, -0.25) is 0 Å². The lowest BCUT2D eigenvalue weighted by Gasteiger charge is -2.36. The fourth-order valence-electron chi connectivity index (χ4n) is 4.00. The fourth-order valence-corrected chi connectivity index (χ4v) is 4.00. The van der Waals surface area contributed by atoms with Crippen molar-refractivity contribution in [3.05, 3.63) is 84.4 Å². The molecule has 0 radical (unpaired) electrons. The second-order valence-corrected chi connectivity index (χ2v) is 7.48. The quantitative estimate of drug-likeness (QED) is 0.555. The highest BCUT2D eigenvalue weighted by Crippen LogP contribution is 2.37. The molecule has 0 aromatic heterocycles. The monoisotopic (exact) mass is 380 g/mol. The van der Waals surface area contributed by atoms with E-state index in [2.05, 4.69) is 6.58 Å². The van der Waals surface area contributed by atoms with Gasteiger partial charge in [0.25, 0.3) is 0 Å². The Morgan fingerprint density at radius 3 is 2.36 bits per heavy atom. The van der Waals surface area contributed by atoms with Gasteiger partial charge in [-0.1, -0.05) is 73.2 Å². The third-order valence-electron chi connectivity index (χ3n) is 5.57. The Labute approximate surface area is 166 Å². The van der Waals surface area contributed by atoms with E-state index in [1.165, 1.54) is 6.08 Å². The lowest BCUT2D eigenvalue weighted by Crippen LogP contribution is -2.47. The van der Waals surface area contributed by atoms with E-state index in [1.54, 1.807) is 24.3 Å². The molecule has 0 amide bonds. The predicted molar refractivity (Wildman–Crippen MR) is 109 cm³/mol. The van der Waals surface area contributed by atoms with Crippen LogP contribution < -0.4 is 0 Å². The average Bonchev–Trinajstić information content (AvgIpc) is 2.75. The number of ether oxygens (including phenoxy) is 1. The molecule has 148 valence electrons. The number of carbonyl (C=O) groups is 1. The molecule has 2 aromatic carbocycles. The van der Waals surface area contributed by atoms with Crippen molar-refractivity contribution >= 4 is 5.97 Å². The van der Waals surface area contributed by atoms with E-state index in [4.69, 9.17) is 4.74 Å². The molecular formula is C24H28O4. The maximum atomic E-state index is 13.0. The van der Waals surface area contributed by atoms with Gasteiger partial charge in [0.1, 0.15) is 12.2 Å². The highest BCUT2D eigenvalue weighted by molar-refractivity contribution is 5.81. The zero-order chi connectivity index (χ0) is 20.0. The number of aliphatic hydroxyl groups excluding tert-OH is 1. The highest BCUT2D eigenvalue weighted by atomic mass is 16.6. The Bertz CT molecular complexity index is 774. The largest absolute Gasteiger partial charge is 0.460 e. The van der Waals surface area contributed by atoms with Crippen LogP contribution in [-0.2, 0) is 9.53 Å². The molecule has 2 aromatic rings. The van der Waals surface area contributed by atoms with Gasteiger partial charge in [-0.2, -0.15) is 0 Å². The molecule has 0 saturated heterocycles. The van der Waals surface area contributed by atoms with Crippen molar-refractivity contribution in [2.45, 2.75) is 55.8 Å². The lowest BCUT2D eigenvalue weighted by atomic mass is 9.81. The van der Waals surface area contributed by atoms with Gasteiger partial charge in [-0.15, -0.1) is 6.58 Å². The van der Waals surface area contributed by atoms with Crippen LogP contribution in [0.3, 0.4) is 0 Å². The molecule has 4 heteroatoms. The third kappa shape index (κ3) is 4.34. The topological polar surface area (TPSA) is 66.8 Å². The van der Waals surface area contributed by atoms with Gasteiger partial charge in [-0.25, -0.2) is 4.79 Å². The number of hydrogen-bond donors (Lipinski definition) is 2. The summed E-state index contributed by atoms with van der Waals surface area (Å²) in [5, 5.41) is 21.8. The maximum absolute atomic E-state index is 13.0. The SMILES string of the molecule is C=CC[C@](O)(C(=O)O[C@@H]1CCCC[C@H]1c1ccccc1)[C@@H](O)c1ccccc1. The molecule has 0 unspecified atom stereocenters. The van der Waals surface area contributed by atoms with Crippen LogP contribution in [-0.4, -0.2) is 27.9 Å². The summed E-state index contributed by atoms with van der Waals surface area (Å²) in [5.74, 6) is -0.697. The van der Waals surface area contributed by atoms with E-state index >= 15 is 0 Å². The van der Waals surface area contributed by atoms with Gasteiger partial charge < -0.3 is 14.9 Å². The van der Waals surface area contributed by atoms with E-state index in [0.717, 1.165) is 31.2 Å². The molecule has 2 N–H and O–H groups in total. The number of aliphatic hydroxyl groups is 2. The molecule has 1 aliphatic rings. The molecule has 3 rings (SSSR count). The fraction of sp³-hybridized carbons (Fsp3) is 0.375. The average molecular weight is 380 g/mol. The highest BCUT2D eigenvalue weighted by Gasteiger charge is 2.46. The Morgan fingerprint density at radius 1 is 1.11 bits per heavy atom. The molecule has 1 fully saturated rings. The van der Waals surface area contributed by atoms with Crippen molar-refractivity contribution < 1.29 is 19.7 Å². The molecule has 4 nitrogen and oxygen atoms in total. The standard InChI is InChI=1S/C24H28O4/c1-2-17-24(27,22(25)19-13-7-4-8-14-19)23(26)28-21-16-10-9-15-20(21)18-11-5-3-6-12-18/h2-8,11-14,20-22,25,27H,1,9-10,15-17H2/t20-,21+,22-,24+/m0/s1. The summed E-state index contributed by atoms with van der Waals surface area (Å²) >= 11 is 0. The number of esters is 1. The van der Waals surface area contributed by atoms with Crippen molar-refractivity contribution in [3.8, 4) is 0 Å². The summed E-state index contributed by atoms with van der Waals surface area (Å²) in [5.41, 5.74) is -0.468. The zero-order valence-electron chi connectivity index (χ0n) is 16.0. The Balaban J connectivity index is 1.82. The molecule has 0 bridgehead atoms. The summed E-state index contributed by atoms with van der Waals surface area (Å²) in [4.78, 5) is 13.0. The normalized spacial score (nSPS) is 22.6. The number of rotatable bonds is 7. The van der Waals surface area contributed by atoms with Crippen LogP contribution >= 0.6 is 0 Å². The third-order valence-corrected chi connectivity index (χ3v) is 5.57. The zero-order valence-corrected chi connectivity index (χ0v) is 16.0. The summed E-state index contributed by atoms with van der Waals surface area (Å²) in [7, 11) is 0. The molecular weight excluding hydrogens is 352 g/mol. The molecule has 0 heterocycles. The number of benzene rings is 2. The summed E-state index contributed by atoms with van der Waals surface area (Å²) in [6, 6.07) is 18.7. The van der Waals surface area contributed by atoms with E-state index in [1.807, 2.05) is 36.4 Å². The van der Waals surface area contributed by atoms with Crippen LogP contribution in [0.5, 0.6) is 0 Å². The van der Waals surface area contributed by atoms with Crippen molar-refractivity contribution in [2.24, 2.45) is 0 Å². The van der Waals surface area contributed by atoms with Gasteiger partial charge in [-0.05, 0) is 30.4 Å².